The van der Waals surface area contributed by atoms with E-state index < -0.39 is 24.4 Å². The Kier molecular flexibility index (Phi) is 7.54. The highest BCUT2D eigenvalue weighted by Gasteiger charge is 2.37. The predicted octanol–water partition coefficient (Wildman–Crippen LogP) is 2.64. The van der Waals surface area contributed by atoms with Crippen molar-refractivity contribution in [2.45, 2.75) is 13.3 Å². The summed E-state index contributed by atoms with van der Waals surface area (Å²) >= 11 is 0. The third kappa shape index (κ3) is 5.48. The molecule has 170 valence electrons. The molecule has 1 aliphatic heterocycles. The van der Waals surface area contributed by atoms with Crippen molar-refractivity contribution in [3.8, 4) is 17.2 Å². The Labute approximate surface area is 186 Å². The van der Waals surface area contributed by atoms with Crippen LogP contribution in [0.3, 0.4) is 0 Å². The minimum absolute atomic E-state index is 0.0142. The lowest BCUT2D eigenvalue weighted by Gasteiger charge is -2.20. The van der Waals surface area contributed by atoms with Crippen molar-refractivity contribution in [3.63, 3.8) is 0 Å². The van der Waals surface area contributed by atoms with Crippen LogP contribution >= 0.6 is 0 Å². The number of nitrogens with one attached hydrogen (secondary N) is 1. The molecule has 1 saturated heterocycles. The number of anilines is 2. The maximum absolute atomic E-state index is 12.5. The number of amides is 2. The Bertz CT molecular complexity index is 975. The van der Waals surface area contributed by atoms with E-state index in [1.54, 1.807) is 42.5 Å². The van der Waals surface area contributed by atoms with Crippen LogP contribution in [0.5, 0.6) is 17.2 Å². The van der Waals surface area contributed by atoms with Gasteiger partial charge in [0.15, 0.2) is 6.61 Å². The lowest BCUT2D eigenvalue weighted by atomic mass is 10.1. The van der Waals surface area contributed by atoms with Gasteiger partial charge in [-0.05, 0) is 43.3 Å². The van der Waals surface area contributed by atoms with E-state index in [9.17, 15) is 14.4 Å². The number of benzene rings is 2. The van der Waals surface area contributed by atoms with Gasteiger partial charge in [-0.1, -0.05) is 0 Å². The second kappa shape index (κ2) is 10.5. The summed E-state index contributed by atoms with van der Waals surface area (Å²) in [6.07, 6.45) is -0.0142. The summed E-state index contributed by atoms with van der Waals surface area (Å²) in [6.45, 7) is 2.11. The standard InChI is InChI=1S/C23H26N2O7/c1-4-31-17-7-5-16(6-8-17)24-21(26)14-32-23(28)15-11-22(27)25(13-15)19-12-18(29-2)9-10-20(19)30-3/h5-10,12,15H,4,11,13-14H2,1-3H3,(H,24,26)/t15-/m0/s1. The summed E-state index contributed by atoms with van der Waals surface area (Å²) in [6, 6.07) is 11.9. The third-order valence-corrected chi connectivity index (χ3v) is 4.93. The van der Waals surface area contributed by atoms with E-state index in [4.69, 9.17) is 18.9 Å². The smallest absolute Gasteiger partial charge is 0.311 e. The van der Waals surface area contributed by atoms with E-state index in [2.05, 4.69) is 5.32 Å². The molecule has 1 atom stereocenters. The van der Waals surface area contributed by atoms with Crippen LogP contribution in [0.15, 0.2) is 42.5 Å². The van der Waals surface area contributed by atoms with Crippen molar-refractivity contribution in [2.24, 2.45) is 5.92 Å². The van der Waals surface area contributed by atoms with Gasteiger partial charge in [0.25, 0.3) is 5.91 Å². The van der Waals surface area contributed by atoms with Crippen LogP contribution < -0.4 is 24.4 Å². The first-order chi connectivity index (χ1) is 15.4. The van der Waals surface area contributed by atoms with Gasteiger partial charge < -0.3 is 29.2 Å². The number of carbonyl (C=O) groups excluding carboxylic acids is 3. The van der Waals surface area contributed by atoms with Crippen LogP contribution in [-0.2, 0) is 19.1 Å². The lowest BCUT2D eigenvalue weighted by molar-refractivity contribution is -0.151. The summed E-state index contributed by atoms with van der Waals surface area (Å²) in [5.41, 5.74) is 1.07. The second-order valence-electron chi connectivity index (χ2n) is 7.06. The average molecular weight is 442 g/mol. The molecule has 0 unspecified atom stereocenters. The highest BCUT2D eigenvalue weighted by Crippen LogP contribution is 2.36. The molecule has 1 heterocycles. The minimum Gasteiger partial charge on any atom is -0.497 e. The highest BCUT2D eigenvalue weighted by atomic mass is 16.5. The molecule has 2 aromatic rings. The van der Waals surface area contributed by atoms with Crippen molar-refractivity contribution >= 4 is 29.2 Å². The maximum Gasteiger partial charge on any atom is 0.311 e. The first-order valence-electron chi connectivity index (χ1n) is 10.2. The Morgan fingerprint density at radius 2 is 1.78 bits per heavy atom. The Morgan fingerprint density at radius 3 is 2.44 bits per heavy atom. The molecule has 2 aromatic carbocycles. The van der Waals surface area contributed by atoms with Gasteiger partial charge in [0.1, 0.15) is 17.2 Å². The Morgan fingerprint density at radius 1 is 1.06 bits per heavy atom. The lowest BCUT2D eigenvalue weighted by Crippen LogP contribution is -2.28. The SMILES string of the molecule is CCOc1ccc(NC(=O)COC(=O)[C@H]2CC(=O)N(c3cc(OC)ccc3OC)C2)cc1. The van der Waals surface area contributed by atoms with Crippen molar-refractivity contribution in [2.75, 3.05) is 44.2 Å². The van der Waals surface area contributed by atoms with Crippen molar-refractivity contribution in [1.82, 2.24) is 0 Å². The van der Waals surface area contributed by atoms with Crippen molar-refractivity contribution in [3.05, 3.63) is 42.5 Å². The third-order valence-electron chi connectivity index (χ3n) is 4.93. The molecule has 0 saturated carbocycles. The van der Waals surface area contributed by atoms with E-state index in [-0.39, 0.29) is 18.9 Å². The molecule has 9 heteroatoms. The summed E-state index contributed by atoms with van der Waals surface area (Å²) in [5.74, 6) is -0.259. The fourth-order valence-electron chi connectivity index (χ4n) is 3.36. The second-order valence-corrected chi connectivity index (χ2v) is 7.06. The number of rotatable bonds is 9. The molecule has 0 radical (unpaired) electrons. The number of hydrogen-bond donors (Lipinski definition) is 1. The zero-order valence-electron chi connectivity index (χ0n) is 18.3. The fourth-order valence-corrected chi connectivity index (χ4v) is 3.36. The van der Waals surface area contributed by atoms with Crippen LogP contribution in [0.4, 0.5) is 11.4 Å². The fraction of sp³-hybridized carbons (Fsp3) is 0.348. The number of nitrogens with zero attached hydrogens (tertiary/aromatic N) is 1. The number of hydrogen-bond acceptors (Lipinski definition) is 7. The predicted molar refractivity (Wildman–Crippen MR) is 117 cm³/mol. The summed E-state index contributed by atoms with van der Waals surface area (Å²) in [4.78, 5) is 38.6. The van der Waals surface area contributed by atoms with Gasteiger partial charge in [0, 0.05) is 24.7 Å². The first kappa shape index (κ1) is 22.9. The van der Waals surface area contributed by atoms with Crippen LogP contribution in [-0.4, -0.2) is 51.8 Å². The molecule has 0 aliphatic carbocycles. The molecule has 0 aromatic heterocycles. The van der Waals surface area contributed by atoms with Crippen LogP contribution in [0.25, 0.3) is 0 Å². The van der Waals surface area contributed by atoms with Gasteiger partial charge in [-0.25, -0.2) is 0 Å². The van der Waals surface area contributed by atoms with E-state index >= 15 is 0 Å². The van der Waals surface area contributed by atoms with E-state index in [1.165, 1.54) is 19.1 Å². The Balaban J connectivity index is 1.55. The molecular weight excluding hydrogens is 416 g/mol. The minimum atomic E-state index is -0.684. The van der Waals surface area contributed by atoms with Gasteiger partial charge in [-0.3, -0.25) is 14.4 Å². The van der Waals surface area contributed by atoms with Crippen LogP contribution in [0.2, 0.25) is 0 Å². The molecule has 1 N–H and O–H groups in total. The van der Waals surface area contributed by atoms with E-state index in [1.807, 2.05) is 6.92 Å². The quantitative estimate of drug-likeness (QED) is 0.596. The van der Waals surface area contributed by atoms with Gasteiger partial charge in [0.2, 0.25) is 5.91 Å². The van der Waals surface area contributed by atoms with Gasteiger partial charge in [-0.15, -0.1) is 0 Å². The number of carbonyl (C=O) groups is 3. The Hall–Kier alpha value is -3.75. The first-order valence-corrected chi connectivity index (χ1v) is 10.2. The molecule has 1 aliphatic rings. The molecule has 32 heavy (non-hydrogen) atoms. The van der Waals surface area contributed by atoms with Gasteiger partial charge in [-0.2, -0.15) is 0 Å². The number of methoxy groups -OCH3 is 2. The van der Waals surface area contributed by atoms with Crippen molar-refractivity contribution in [1.29, 1.82) is 0 Å². The zero-order valence-corrected chi connectivity index (χ0v) is 18.3. The summed E-state index contributed by atoms with van der Waals surface area (Å²) in [7, 11) is 3.02. The average Bonchev–Trinajstić information content (AvgIpc) is 3.20. The van der Waals surface area contributed by atoms with E-state index in [0.717, 1.165) is 0 Å². The topological polar surface area (TPSA) is 103 Å². The summed E-state index contributed by atoms with van der Waals surface area (Å²) < 4.78 is 21.0. The van der Waals surface area contributed by atoms with Crippen LogP contribution in [0, 0.1) is 5.92 Å². The van der Waals surface area contributed by atoms with Gasteiger partial charge in [0.05, 0.1) is 32.4 Å². The highest BCUT2D eigenvalue weighted by molar-refractivity contribution is 6.01. The normalized spacial score (nSPS) is 15.3. The molecular formula is C23H26N2O7. The number of ether oxygens (including phenoxy) is 4. The molecule has 0 bridgehead atoms. The van der Waals surface area contributed by atoms with Crippen LogP contribution in [0.1, 0.15) is 13.3 Å². The molecule has 9 nitrogen and oxygen atoms in total. The van der Waals surface area contributed by atoms with E-state index in [0.29, 0.717) is 35.2 Å². The molecule has 2 amide bonds. The van der Waals surface area contributed by atoms with Gasteiger partial charge >= 0.3 is 5.97 Å². The maximum atomic E-state index is 12.5. The monoisotopic (exact) mass is 442 g/mol. The van der Waals surface area contributed by atoms with Crippen molar-refractivity contribution < 1.29 is 33.3 Å². The summed E-state index contributed by atoms with van der Waals surface area (Å²) in [5, 5.41) is 2.65. The molecule has 3 rings (SSSR count). The zero-order chi connectivity index (χ0) is 23.1. The number of esters is 1. The largest absolute Gasteiger partial charge is 0.497 e. The molecule has 0 spiro atoms. The molecule has 1 fully saturated rings.